The van der Waals surface area contributed by atoms with Crippen molar-refractivity contribution in [2.75, 3.05) is 5.32 Å². The Kier molecular flexibility index (Phi) is 3.37. The molecule has 0 unspecified atom stereocenters. The maximum absolute atomic E-state index is 10.7. The third kappa shape index (κ3) is 2.81. The fourth-order valence-corrected chi connectivity index (χ4v) is 1.68. The second-order valence-electron chi connectivity index (χ2n) is 4.04. The first kappa shape index (κ1) is 11.6. The Morgan fingerprint density at radius 3 is 2.71 bits per heavy atom. The highest BCUT2D eigenvalue weighted by Crippen LogP contribution is 2.20. The molecule has 0 spiro atoms. The van der Waals surface area contributed by atoms with Crippen LogP contribution in [0.5, 0.6) is 0 Å². The molecule has 17 heavy (non-hydrogen) atoms. The number of hydrogen-bond donors (Lipinski definition) is 2. The van der Waals surface area contributed by atoms with Crippen LogP contribution in [0.1, 0.15) is 11.1 Å². The van der Waals surface area contributed by atoms with E-state index in [1.807, 2.05) is 19.1 Å². The molecule has 2 aromatic rings. The maximum Gasteiger partial charge on any atom is 0.136 e. The zero-order chi connectivity index (χ0) is 12.3. The van der Waals surface area contributed by atoms with Gasteiger partial charge in [0.15, 0.2) is 0 Å². The summed E-state index contributed by atoms with van der Waals surface area (Å²) in [5.74, 6) is 0.682. The van der Waals surface area contributed by atoms with E-state index in [1.54, 1.807) is 18.3 Å². The normalized spacial score (nSPS) is 10.3. The van der Waals surface area contributed by atoms with Crippen LogP contribution in [-0.2, 0) is 0 Å². The molecule has 1 aromatic carbocycles. The third-order valence-corrected chi connectivity index (χ3v) is 2.56. The molecule has 88 valence electrons. The highest BCUT2D eigenvalue weighted by atomic mass is 16.5. The zero-order valence-electron chi connectivity index (χ0n) is 9.90. The van der Waals surface area contributed by atoms with Crippen molar-refractivity contribution in [3.63, 3.8) is 0 Å². The summed E-state index contributed by atoms with van der Waals surface area (Å²) >= 11 is 0. The van der Waals surface area contributed by atoms with Crippen LogP contribution in [0.15, 0.2) is 36.5 Å². The second-order valence-corrected chi connectivity index (χ2v) is 4.04. The average molecular weight is 229 g/mol. The Morgan fingerprint density at radius 2 is 2.00 bits per heavy atom. The van der Waals surface area contributed by atoms with Crippen LogP contribution in [0.2, 0.25) is 0 Å². The number of nitrogens with one attached hydrogen (secondary N) is 1. The van der Waals surface area contributed by atoms with Gasteiger partial charge in [-0.05, 0) is 25.5 Å². The van der Waals surface area contributed by atoms with E-state index in [0.717, 1.165) is 16.7 Å². The molecular formula is C13H15N3O. The summed E-state index contributed by atoms with van der Waals surface area (Å²) in [5, 5.41) is 13.9. The fourth-order valence-electron chi connectivity index (χ4n) is 1.68. The van der Waals surface area contributed by atoms with Crippen LogP contribution < -0.4 is 10.8 Å². The highest BCUT2D eigenvalue weighted by Gasteiger charge is 2.01. The molecule has 0 amide bonds. The van der Waals surface area contributed by atoms with Gasteiger partial charge in [-0.15, -0.1) is 0 Å². The van der Waals surface area contributed by atoms with Gasteiger partial charge in [-0.25, -0.2) is 4.98 Å². The standard InChI is InChI=1S/C13H15N3O/c1-9-3-4-12(10(2)7-9)15-13-8-11(16-17)5-6-14-13/h3-8H,16H2,1-2H3,(H,14,15). The van der Waals surface area contributed by atoms with Gasteiger partial charge < -0.3 is 16.0 Å². The molecule has 0 saturated heterocycles. The Hall–Kier alpha value is -1.91. The lowest BCUT2D eigenvalue weighted by molar-refractivity contribution is -0.497. The minimum atomic E-state index is 0.618. The Labute approximate surface area is 100 Å². The first-order valence-electron chi connectivity index (χ1n) is 5.44. The highest BCUT2D eigenvalue weighted by molar-refractivity contribution is 5.62. The number of nitrogens with zero attached hydrogens (tertiary/aromatic N) is 1. The van der Waals surface area contributed by atoms with E-state index in [9.17, 15) is 5.21 Å². The smallest absolute Gasteiger partial charge is 0.136 e. The van der Waals surface area contributed by atoms with Crippen molar-refractivity contribution in [1.82, 2.24) is 4.98 Å². The van der Waals surface area contributed by atoms with E-state index >= 15 is 0 Å². The van der Waals surface area contributed by atoms with Gasteiger partial charge in [-0.1, -0.05) is 17.7 Å². The summed E-state index contributed by atoms with van der Waals surface area (Å²) in [4.78, 5) is 4.18. The summed E-state index contributed by atoms with van der Waals surface area (Å²) in [5.41, 5.74) is 4.82. The van der Waals surface area contributed by atoms with Crippen molar-refractivity contribution < 1.29 is 5.48 Å². The van der Waals surface area contributed by atoms with Crippen molar-refractivity contribution in [3.8, 4) is 0 Å². The maximum atomic E-state index is 10.7. The van der Waals surface area contributed by atoms with Gasteiger partial charge in [0.2, 0.25) is 0 Å². The van der Waals surface area contributed by atoms with Gasteiger partial charge in [0.1, 0.15) is 11.5 Å². The zero-order valence-corrected chi connectivity index (χ0v) is 9.90. The Balaban J connectivity index is 2.25. The number of aryl methyl sites for hydroxylation is 2. The fraction of sp³-hybridized carbons (Fsp3) is 0.154. The lowest BCUT2D eigenvalue weighted by Crippen LogP contribution is -2.70. The number of pyridine rings is 1. The minimum absolute atomic E-state index is 0.618. The van der Waals surface area contributed by atoms with Gasteiger partial charge in [-0.2, -0.15) is 0 Å². The van der Waals surface area contributed by atoms with Crippen molar-refractivity contribution in [2.24, 2.45) is 0 Å². The molecule has 3 N–H and O–H groups in total. The first-order chi connectivity index (χ1) is 8.19. The van der Waals surface area contributed by atoms with Gasteiger partial charge in [0.25, 0.3) is 0 Å². The molecule has 0 bridgehead atoms. The molecule has 0 atom stereocenters. The Bertz CT molecular complexity index is 526. The summed E-state index contributed by atoms with van der Waals surface area (Å²) < 4.78 is 0. The molecule has 4 nitrogen and oxygen atoms in total. The molecule has 1 aromatic heterocycles. The topological polar surface area (TPSA) is 64.6 Å². The lowest BCUT2D eigenvalue weighted by atomic mass is 10.1. The molecule has 0 aliphatic heterocycles. The first-order valence-corrected chi connectivity index (χ1v) is 5.44. The number of benzene rings is 1. The molecule has 0 fully saturated rings. The van der Waals surface area contributed by atoms with Gasteiger partial charge >= 0.3 is 0 Å². The number of nitrogens with two attached hydrogens (primary N) is 1. The SMILES string of the molecule is Cc1ccc(Nc2cc([NH2+][O-])ccn2)c(C)c1. The van der Waals surface area contributed by atoms with Crippen LogP contribution in [-0.4, -0.2) is 4.98 Å². The predicted molar refractivity (Wildman–Crippen MR) is 68.4 cm³/mol. The van der Waals surface area contributed by atoms with Crippen LogP contribution >= 0.6 is 0 Å². The van der Waals surface area contributed by atoms with Crippen LogP contribution in [0, 0.1) is 19.1 Å². The van der Waals surface area contributed by atoms with Crippen molar-refractivity contribution in [1.29, 1.82) is 0 Å². The van der Waals surface area contributed by atoms with E-state index in [4.69, 9.17) is 0 Å². The minimum Gasteiger partial charge on any atom is -0.630 e. The lowest BCUT2D eigenvalue weighted by Gasteiger charge is -2.10. The van der Waals surface area contributed by atoms with Gasteiger partial charge in [-0.3, -0.25) is 0 Å². The molecule has 4 heteroatoms. The molecule has 2 rings (SSSR count). The molecule has 0 saturated carbocycles. The predicted octanol–water partition coefficient (Wildman–Crippen LogP) is 2.13. The van der Waals surface area contributed by atoms with Crippen molar-refractivity contribution in [3.05, 3.63) is 52.9 Å². The average Bonchev–Trinajstić information content (AvgIpc) is 2.33. The summed E-state index contributed by atoms with van der Waals surface area (Å²) in [6, 6.07) is 9.57. The van der Waals surface area contributed by atoms with E-state index in [1.165, 1.54) is 5.56 Å². The van der Waals surface area contributed by atoms with Crippen LogP contribution in [0.4, 0.5) is 17.2 Å². The molecule has 0 aliphatic carbocycles. The molecule has 0 radical (unpaired) electrons. The van der Waals surface area contributed by atoms with E-state index in [-0.39, 0.29) is 0 Å². The number of hydrogen-bond acceptors (Lipinski definition) is 3. The largest absolute Gasteiger partial charge is 0.630 e. The Morgan fingerprint density at radius 1 is 1.18 bits per heavy atom. The number of anilines is 2. The quantitative estimate of drug-likeness (QED) is 0.792. The van der Waals surface area contributed by atoms with Crippen LogP contribution in [0.3, 0.4) is 0 Å². The van der Waals surface area contributed by atoms with E-state index in [2.05, 4.69) is 23.3 Å². The summed E-state index contributed by atoms with van der Waals surface area (Å²) in [6.45, 7) is 4.10. The number of aromatic nitrogens is 1. The van der Waals surface area contributed by atoms with Crippen LogP contribution in [0.25, 0.3) is 0 Å². The van der Waals surface area contributed by atoms with Gasteiger partial charge in [0.05, 0.1) is 0 Å². The molecule has 0 aliphatic rings. The third-order valence-electron chi connectivity index (χ3n) is 2.56. The van der Waals surface area contributed by atoms with Gasteiger partial charge in [0, 0.05) is 24.0 Å². The summed E-state index contributed by atoms with van der Waals surface area (Å²) in [7, 11) is 0. The second kappa shape index (κ2) is 4.95. The van der Waals surface area contributed by atoms with E-state index in [0.29, 0.717) is 11.5 Å². The van der Waals surface area contributed by atoms with Crippen molar-refractivity contribution >= 4 is 17.2 Å². The monoisotopic (exact) mass is 229 g/mol. The van der Waals surface area contributed by atoms with Crippen molar-refractivity contribution in [2.45, 2.75) is 13.8 Å². The number of quaternary nitrogens is 1. The molecule has 1 heterocycles. The number of rotatable bonds is 3. The van der Waals surface area contributed by atoms with E-state index < -0.39 is 0 Å². The molecular weight excluding hydrogens is 214 g/mol. The summed E-state index contributed by atoms with van der Waals surface area (Å²) in [6.07, 6.45) is 1.62.